The molecule has 0 bridgehead atoms. The maximum absolute atomic E-state index is 13.5. The second-order valence-corrected chi connectivity index (χ2v) is 5.78. The number of carbonyl (C=O) groups excluding carboxylic acids is 2. The molecule has 0 spiro atoms. The molecule has 0 aliphatic heterocycles. The van der Waals surface area contributed by atoms with Crippen LogP contribution in [0.15, 0.2) is 36.4 Å². The monoisotopic (exact) mass is 385 g/mol. The van der Waals surface area contributed by atoms with E-state index in [1.165, 1.54) is 37.4 Å². The third kappa shape index (κ3) is 5.34. The van der Waals surface area contributed by atoms with Crippen LogP contribution in [0.2, 0.25) is 10.0 Å². The third-order valence-corrected chi connectivity index (χ3v) is 3.73. The zero-order valence-electron chi connectivity index (χ0n) is 13.1. The van der Waals surface area contributed by atoms with E-state index in [0.29, 0.717) is 10.6 Å². The zero-order valence-corrected chi connectivity index (χ0v) is 14.7. The predicted molar refractivity (Wildman–Crippen MR) is 91.5 cm³/mol. The molecular formula is C17H14Cl2FNO4. The molecule has 0 fully saturated rings. The Morgan fingerprint density at radius 3 is 2.56 bits per heavy atom. The van der Waals surface area contributed by atoms with Crippen molar-refractivity contribution < 1.29 is 23.5 Å². The molecule has 0 heterocycles. The number of carbonyl (C=O) groups is 2. The second-order valence-electron chi connectivity index (χ2n) is 4.94. The summed E-state index contributed by atoms with van der Waals surface area (Å²) in [5, 5.41) is 2.96. The van der Waals surface area contributed by atoms with Crippen LogP contribution in [-0.2, 0) is 16.1 Å². The van der Waals surface area contributed by atoms with Gasteiger partial charge in [0.15, 0.2) is 11.6 Å². The molecule has 0 unspecified atom stereocenters. The van der Waals surface area contributed by atoms with Crippen LogP contribution >= 0.6 is 23.2 Å². The summed E-state index contributed by atoms with van der Waals surface area (Å²) in [6.45, 7) is -0.478. The number of methoxy groups -OCH3 is 1. The molecule has 0 radical (unpaired) electrons. The minimum absolute atomic E-state index is 0.0992. The van der Waals surface area contributed by atoms with Gasteiger partial charge in [0.25, 0.3) is 5.91 Å². The summed E-state index contributed by atoms with van der Waals surface area (Å²) in [6, 6.07) is 8.60. The Balaban J connectivity index is 1.84. The largest absolute Gasteiger partial charge is 0.494 e. The Bertz CT molecular complexity index is 798. The van der Waals surface area contributed by atoms with E-state index in [-0.39, 0.29) is 29.5 Å². The second kappa shape index (κ2) is 8.69. The summed E-state index contributed by atoms with van der Waals surface area (Å²) in [5.41, 5.74) is 0.648. The van der Waals surface area contributed by atoms with Gasteiger partial charge in [-0.3, -0.25) is 9.59 Å². The van der Waals surface area contributed by atoms with Crippen LogP contribution in [0.5, 0.6) is 5.75 Å². The number of hydrogen-bond acceptors (Lipinski definition) is 4. The van der Waals surface area contributed by atoms with E-state index in [1.807, 2.05) is 0 Å². The lowest BCUT2D eigenvalue weighted by Crippen LogP contribution is -2.30. The van der Waals surface area contributed by atoms with Gasteiger partial charge < -0.3 is 14.8 Å². The minimum atomic E-state index is -0.672. The van der Waals surface area contributed by atoms with Gasteiger partial charge in [-0.05, 0) is 35.9 Å². The highest BCUT2D eigenvalue weighted by Crippen LogP contribution is 2.21. The first-order chi connectivity index (χ1) is 11.9. The summed E-state index contributed by atoms with van der Waals surface area (Å²) in [7, 11) is 1.35. The predicted octanol–water partition coefficient (Wildman–Crippen LogP) is 3.61. The molecule has 1 N–H and O–H groups in total. The number of benzene rings is 2. The van der Waals surface area contributed by atoms with Gasteiger partial charge in [-0.15, -0.1) is 0 Å². The first-order valence-corrected chi connectivity index (χ1v) is 7.87. The lowest BCUT2D eigenvalue weighted by molar-refractivity contribution is -0.143. The van der Waals surface area contributed by atoms with E-state index in [1.54, 1.807) is 6.07 Å². The van der Waals surface area contributed by atoms with Crippen LogP contribution in [0.1, 0.15) is 15.9 Å². The Morgan fingerprint density at radius 1 is 1.16 bits per heavy atom. The maximum atomic E-state index is 13.5. The number of hydrogen-bond donors (Lipinski definition) is 1. The van der Waals surface area contributed by atoms with Crippen molar-refractivity contribution in [3.63, 3.8) is 0 Å². The molecule has 8 heteroatoms. The highest BCUT2D eigenvalue weighted by molar-refractivity contribution is 6.36. The zero-order chi connectivity index (χ0) is 18.4. The molecule has 0 aromatic heterocycles. The molecule has 0 aliphatic carbocycles. The fourth-order valence-electron chi connectivity index (χ4n) is 1.94. The van der Waals surface area contributed by atoms with E-state index in [4.69, 9.17) is 32.7 Å². The summed E-state index contributed by atoms with van der Waals surface area (Å²) in [6.07, 6.45) is 0. The van der Waals surface area contributed by atoms with E-state index in [2.05, 4.69) is 5.32 Å². The smallest absolute Gasteiger partial charge is 0.325 e. The van der Waals surface area contributed by atoms with Gasteiger partial charge in [0, 0.05) is 5.02 Å². The van der Waals surface area contributed by atoms with Gasteiger partial charge in [0.2, 0.25) is 0 Å². The maximum Gasteiger partial charge on any atom is 0.325 e. The van der Waals surface area contributed by atoms with Gasteiger partial charge in [0.1, 0.15) is 13.2 Å². The van der Waals surface area contributed by atoms with Gasteiger partial charge in [-0.2, -0.15) is 0 Å². The van der Waals surface area contributed by atoms with Crippen molar-refractivity contribution >= 4 is 35.1 Å². The van der Waals surface area contributed by atoms with Crippen molar-refractivity contribution in [3.05, 3.63) is 63.4 Å². The van der Waals surface area contributed by atoms with E-state index in [9.17, 15) is 14.0 Å². The van der Waals surface area contributed by atoms with Crippen molar-refractivity contribution in [2.75, 3.05) is 13.7 Å². The minimum Gasteiger partial charge on any atom is -0.494 e. The lowest BCUT2D eigenvalue weighted by atomic mass is 10.2. The van der Waals surface area contributed by atoms with Crippen molar-refractivity contribution in [1.82, 2.24) is 5.32 Å². The molecule has 0 saturated carbocycles. The molecule has 25 heavy (non-hydrogen) atoms. The number of amides is 1. The number of ether oxygens (including phenoxy) is 2. The summed E-state index contributed by atoms with van der Waals surface area (Å²) < 4.78 is 23.3. The van der Waals surface area contributed by atoms with Gasteiger partial charge in [-0.25, -0.2) is 4.39 Å². The first-order valence-electron chi connectivity index (χ1n) is 7.12. The molecule has 0 atom stereocenters. The van der Waals surface area contributed by atoms with Crippen LogP contribution < -0.4 is 10.1 Å². The number of halogens is 3. The van der Waals surface area contributed by atoms with Crippen molar-refractivity contribution in [2.45, 2.75) is 6.61 Å². The standard InChI is InChI=1S/C17H14Cl2FNO4/c1-24-15-5-2-10(6-14(15)20)9-25-16(22)8-21-17(23)12-4-3-11(18)7-13(12)19/h2-7H,8-9H2,1H3,(H,21,23). The Morgan fingerprint density at radius 2 is 1.92 bits per heavy atom. The molecule has 2 aromatic carbocycles. The SMILES string of the molecule is COc1ccc(COC(=O)CNC(=O)c2ccc(Cl)cc2Cl)cc1F. The third-order valence-electron chi connectivity index (χ3n) is 3.19. The summed E-state index contributed by atoms with van der Waals surface area (Å²) in [5.74, 6) is -1.66. The number of rotatable bonds is 6. The van der Waals surface area contributed by atoms with Crippen molar-refractivity contribution in [2.24, 2.45) is 0 Å². The highest BCUT2D eigenvalue weighted by atomic mass is 35.5. The fourth-order valence-corrected chi connectivity index (χ4v) is 2.43. The van der Waals surface area contributed by atoms with E-state index < -0.39 is 17.7 Å². The van der Waals surface area contributed by atoms with Crippen LogP contribution in [-0.4, -0.2) is 25.5 Å². The average molecular weight is 386 g/mol. The molecule has 5 nitrogen and oxygen atoms in total. The molecule has 2 rings (SSSR count). The summed E-state index contributed by atoms with van der Waals surface area (Å²) >= 11 is 11.7. The molecule has 0 aliphatic rings. The summed E-state index contributed by atoms with van der Waals surface area (Å²) in [4.78, 5) is 23.7. The Labute approximate surface area is 153 Å². The number of esters is 1. The topological polar surface area (TPSA) is 64.6 Å². The van der Waals surface area contributed by atoms with Crippen LogP contribution in [0.4, 0.5) is 4.39 Å². The Kier molecular flexibility index (Phi) is 6.61. The molecule has 1 amide bonds. The van der Waals surface area contributed by atoms with Crippen molar-refractivity contribution in [3.8, 4) is 5.75 Å². The van der Waals surface area contributed by atoms with E-state index in [0.717, 1.165) is 0 Å². The van der Waals surface area contributed by atoms with Crippen molar-refractivity contribution in [1.29, 1.82) is 0 Å². The highest BCUT2D eigenvalue weighted by Gasteiger charge is 2.13. The lowest BCUT2D eigenvalue weighted by Gasteiger charge is -2.09. The molecule has 132 valence electrons. The van der Waals surface area contributed by atoms with Gasteiger partial charge >= 0.3 is 5.97 Å². The first kappa shape index (κ1) is 19.0. The average Bonchev–Trinajstić information content (AvgIpc) is 2.58. The quantitative estimate of drug-likeness (QED) is 0.771. The fraction of sp³-hybridized carbons (Fsp3) is 0.176. The molecular weight excluding hydrogens is 372 g/mol. The van der Waals surface area contributed by atoms with Gasteiger partial charge in [-0.1, -0.05) is 29.3 Å². The van der Waals surface area contributed by atoms with E-state index >= 15 is 0 Å². The van der Waals surface area contributed by atoms with Crippen LogP contribution in [0.25, 0.3) is 0 Å². The molecule has 0 saturated heterocycles. The Hall–Kier alpha value is -2.31. The normalized spacial score (nSPS) is 10.2. The van der Waals surface area contributed by atoms with Crippen LogP contribution in [0, 0.1) is 5.82 Å². The number of nitrogens with one attached hydrogen (secondary N) is 1. The van der Waals surface area contributed by atoms with Crippen LogP contribution in [0.3, 0.4) is 0 Å². The van der Waals surface area contributed by atoms with Gasteiger partial charge in [0.05, 0.1) is 17.7 Å². The molecule has 2 aromatic rings.